The Morgan fingerprint density at radius 1 is 0.291 bits per heavy atom. The second kappa shape index (κ2) is 50.9. The molecular formula is C72H122O3S4. The first-order chi connectivity index (χ1) is 38.9. The minimum Gasteiger partial charge on any atom is -0.508 e. The van der Waals surface area contributed by atoms with Crippen molar-refractivity contribution >= 4 is 47.0 Å². The van der Waals surface area contributed by atoms with Crippen molar-refractivity contribution in [2.24, 2.45) is 0 Å². The standard InChI is InChI=1S/C72H122O3S4/c1-5-9-13-17-21-25-29-33-37-41-53-76-58-68(62-45-49-64(73)50-46-62)66-57-67(69(63-47-51-65(74)52-48-63)59-77-54-42-38-34-30-26-22-18-14-10-6-2)71(61-79-56-44-40-36-32-28-24-20-16-12-8-4)72(75)70(66)60-78-55-43-39-35-31-27-23-19-15-11-7-3/h45-52,57,68-69,73-75H,5-44,53-56,58-61H2,1-4H3. The molecule has 0 aliphatic carbocycles. The van der Waals surface area contributed by atoms with E-state index < -0.39 is 0 Å². The number of aromatic hydroxyl groups is 3. The van der Waals surface area contributed by atoms with Gasteiger partial charge in [0.25, 0.3) is 0 Å². The first-order valence-electron chi connectivity index (χ1n) is 33.7. The number of phenols is 3. The van der Waals surface area contributed by atoms with Crippen LogP contribution in [0.3, 0.4) is 0 Å². The maximum atomic E-state index is 13.2. The largest absolute Gasteiger partial charge is 0.508 e. The van der Waals surface area contributed by atoms with Crippen LogP contribution in [0.4, 0.5) is 0 Å². The predicted octanol–water partition coefficient (Wildman–Crippen LogP) is 24.7. The Balaban J connectivity index is 1.96. The third kappa shape index (κ3) is 34.7. The van der Waals surface area contributed by atoms with Gasteiger partial charge in [-0.3, -0.25) is 0 Å². The van der Waals surface area contributed by atoms with Gasteiger partial charge < -0.3 is 15.3 Å². The van der Waals surface area contributed by atoms with Crippen molar-refractivity contribution in [1.82, 2.24) is 0 Å². The quantitative estimate of drug-likeness (QED) is 0.0487. The van der Waals surface area contributed by atoms with Crippen molar-refractivity contribution in [2.75, 3.05) is 34.5 Å². The third-order valence-electron chi connectivity index (χ3n) is 16.6. The molecule has 0 spiro atoms. The van der Waals surface area contributed by atoms with Gasteiger partial charge in [-0.1, -0.05) is 289 Å². The zero-order valence-corrected chi connectivity index (χ0v) is 55.0. The summed E-state index contributed by atoms with van der Waals surface area (Å²) in [5, 5.41) is 34.5. The van der Waals surface area contributed by atoms with Crippen LogP contribution in [-0.2, 0) is 11.5 Å². The van der Waals surface area contributed by atoms with E-state index in [0.29, 0.717) is 17.2 Å². The molecular weight excluding hydrogens is 1040 g/mol. The molecule has 0 saturated carbocycles. The summed E-state index contributed by atoms with van der Waals surface area (Å²) in [4.78, 5) is 0. The van der Waals surface area contributed by atoms with Crippen LogP contribution in [0.1, 0.15) is 330 Å². The van der Waals surface area contributed by atoms with Crippen LogP contribution in [0, 0.1) is 0 Å². The van der Waals surface area contributed by atoms with E-state index in [1.807, 2.05) is 47.8 Å². The molecule has 0 amide bonds. The summed E-state index contributed by atoms with van der Waals surface area (Å²) in [5.74, 6) is 9.33. The van der Waals surface area contributed by atoms with Gasteiger partial charge in [0.1, 0.15) is 17.2 Å². The summed E-state index contributed by atoms with van der Waals surface area (Å²) in [6, 6.07) is 18.7. The molecule has 7 heteroatoms. The molecule has 0 bridgehead atoms. The molecule has 3 N–H and O–H groups in total. The summed E-state index contributed by atoms with van der Waals surface area (Å²) in [6.45, 7) is 9.21. The Bertz CT molecular complexity index is 1690. The van der Waals surface area contributed by atoms with Crippen LogP contribution in [0.15, 0.2) is 54.6 Å². The average Bonchev–Trinajstić information content (AvgIpc) is 3.57. The van der Waals surface area contributed by atoms with Crippen molar-refractivity contribution in [3.05, 3.63) is 88.0 Å². The smallest absolute Gasteiger partial charge is 0.124 e. The molecule has 0 aromatic heterocycles. The van der Waals surface area contributed by atoms with E-state index in [1.54, 1.807) is 0 Å². The molecule has 0 heterocycles. The SMILES string of the molecule is CCCCCCCCCCCCSCc1c(C(CSCCCCCCCCCCCC)c2ccc(O)cc2)cc(C(CSCCCCCCCCCCCC)c2ccc(O)cc2)c(CSCCCCCCCCCCCC)c1O. The molecule has 3 rings (SSSR count). The lowest BCUT2D eigenvalue weighted by molar-refractivity contribution is 0.462. The molecule has 0 radical (unpaired) electrons. The number of hydrogen-bond acceptors (Lipinski definition) is 7. The lowest BCUT2D eigenvalue weighted by atomic mass is 9.82. The highest BCUT2D eigenvalue weighted by atomic mass is 32.2. The van der Waals surface area contributed by atoms with Gasteiger partial charge in [0, 0.05) is 46.0 Å². The van der Waals surface area contributed by atoms with Crippen molar-refractivity contribution < 1.29 is 15.3 Å². The number of thioether (sulfide) groups is 4. The minimum absolute atomic E-state index is 0.0828. The average molecular weight is 1160 g/mol. The van der Waals surface area contributed by atoms with Crippen LogP contribution in [0.2, 0.25) is 0 Å². The number of benzene rings is 3. The molecule has 452 valence electrons. The van der Waals surface area contributed by atoms with E-state index in [4.69, 9.17) is 0 Å². The van der Waals surface area contributed by atoms with E-state index in [9.17, 15) is 15.3 Å². The van der Waals surface area contributed by atoms with Crippen LogP contribution in [0.25, 0.3) is 0 Å². The van der Waals surface area contributed by atoms with Gasteiger partial charge in [-0.05, 0) is 95.2 Å². The lowest BCUT2D eigenvalue weighted by Gasteiger charge is -2.29. The second-order valence-electron chi connectivity index (χ2n) is 23.6. The maximum Gasteiger partial charge on any atom is 0.124 e. The molecule has 0 saturated heterocycles. The fraction of sp³-hybridized carbons (Fsp3) is 0.750. The normalized spacial score (nSPS) is 12.5. The highest BCUT2D eigenvalue weighted by molar-refractivity contribution is 7.99. The van der Waals surface area contributed by atoms with Crippen molar-refractivity contribution in [3.63, 3.8) is 0 Å². The molecule has 2 atom stereocenters. The first kappa shape index (κ1) is 71.7. The Morgan fingerprint density at radius 2 is 0.519 bits per heavy atom. The lowest BCUT2D eigenvalue weighted by Crippen LogP contribution is -2.14. The summed E-state index contributed by atoms with van der Waals surface area (Å²) >= 11 is 8.22. The summed E-state index contributed by atoms with van der Waals surface area (Å²) in [5.41, 5.74) is 7.26. The van der Waals surface area contributed by atoms with Crippen LogP contribution in [0.5, 0.6) is 17.2 Å². The molecule has 3 aromatic rings. The maximum absolute atomic E-state index is 13.2. The number of unbranched alkanes of at least 4 members (excludes halogenated alkanes) is 36. The highest BCUT2D eigenvalue weighted by Crippen LogP contribution is 2.45. The van der Waals surface area contributed by atoms with E-state index in [0.717, 1.165) is 57.1 Å². The van der Waals surface area contributed by atoms with Gasteiger partial charge >= 0.3 is 0 Å². The Kier molecular flexibility index (Phi) is 46.2. The summed E-state index contributed by atoms with van der Waals surface area (Å²) < 4.78 is 0. The summed E-state index contributed by atoms with van der Waals surface area (Å²) in [6.07, 6.45) is 53.9. The third-order valence-corrected chi connectivity index (χ3v) is 21.0. The highest BCUT2D eigenvalue weighted by Gasteiger charge is 2.28. The Hall–Kier alpha value is -1.54. The molecule has 0 aliphatic rings. The summed E-state index contributed by atoms with van der Waals surface area (Å²) in [7, 11) is 0. The minimum atomic E-state index is 0.0828. The Morgan fingerprint density at radius 3 is 0.772 bits per heavy atom. The van der Waals surface area contributed by atoms with Crippen LogP contribution < -0.4 is 0 Å². The molecule has 2 unspecified atom stereocenters. The molecule has 0 aliphatic heterocycles. The number of hydrogen-bond donors (Lipinski definition) is 3. The van der Waals surface area contributed by atoms with Gasteiger partial charge in [-0.15, -0.1) is 0 Å². The van der Waals surface area contributed by atoms with Crippen LogP contribution in [-0.4, -0.2) is 49.8 Å². The zero-order chi connectivity index (χ0) is 56.5. The topological polar surface area (TPSA) is 60.7 Å². The van der Waals surface area contributed by atoms with E-state index in [2.05, 4.69) is 81.6 Å². The zero-order valence-electron chi connectivity index (χ0n) is 51.8. The Labute approximate surface area is 506 Å². The number of phenolic OH excluding ortho intramolecular Hbond substituents is 3. The van der Waals surface area contributed by atoms with Gasteiger partial charge in [0.2, 0.25) is 0 Å². The van der Waals surface area contributed by atoms with Crippen molar-refractivity contribution in [2.45, 2.75) is 308 Å². The van der Waals surface area contributed by atoms with Gasteiger partial charge in [0.15, 0.2) is 0 Å². The first-order valence-corrected chi connectivity index (χ1v) is 38.3. The molecule has 0 fully saturated rings. The van der Waals surface area contributed by atoms with Crippen molar-refractivity contribution in [1.29, 1.82) is 0 Å². The fourth-order valence-electron chi connectivity index (χ4n) is 11.4. The van der Waals surface area contributed by atoms with Gasteiger partial charge in [-0.2, -0.15) is 47.0 Å². The van der Waals surface area contributed by atoms with Crippen LogP contribution >= 0.6 is 47.0 Å². The monoisotopic (exact) mass is 1160 g/mol. The van der Waals surface area contributed by atoms with E-state index >= 15 is 0 Å². The molecule has 3 nitrogen and oxygen atoms in total. The van der Waals surface area contributed by atoms with Gasteiger partial charge in [-0.25, -0.2) is 0 Å². The number of rotatable bonds is 56. The molecule has 3 aromatic carbocycles. The predicted molar refractivity (Wildman–Crippen MR) is 362 cm³/mol. The molecule has 79 heavy (non-hydrogen) atoms. The fourth-order valence-corrected chi connectivity index (χ4v) is 15.9. The second-order valence-corrected chi connectivity index (χ2v) is 28.1. The van der Waals surface area contributed by atoms with E-state index in [-0.39, 0.29) is 11.8 Å². The van der Waals surface area contributed by atoms with E-state index in [1.165, 1.54) is 279 Å². The van der Waals surface area contributed by atoms with Crippen molar-refractivity contribution in [3.8, 4) is 17.2 Å². The van der Waals surface area contributed by atoms with Gasteiger partial charge in [0.05, 0.1) is 0 Å².